The Hall–Kier alpha value is -0.910. The number of benzene rings is 1. The maximum Gasteiger partial charge on any atom is 0.219 e. The number of aromatic nitrogens is 1. The van der Waals surface area contributed by atoms with Crippen LogP contribution in [0.15, 0.2) is 45.5 Å². The molecule has 0 aliphatic heterocycles. The van der Waals surface area contributed by atoms with Gasteiger partial charge in [-0.05, 0) is 39.7 Å². The van der Waals surface area contributed by atoms with Crippen molar-refractivity contribution in [3.05, 3.63) is 56.6 Å². The molecular weight excluding hydrogens is 362 g/mol. The molecule has 0 aliphatic rings. The molecule has 0 spiro atoms. The average Bonchev–Trinajstić information content (AvgIpc) is 2.37. The highest BCUT2D eigenvalue weighted by Crippen LogP contribution is 2.21. The summed E-state index contributed by atoms with van der Waals surface area (Å²) < 4.78 is 7.44. The van der Waals surface area contributed by atoms with Gasteiger partial charge in [0.2, 0.25) is 5.88 Å². The van der Waals surface area contributed by atoms with E-state index in [4.69, 9.17) is 4.74 Å². The highest BCUT2D eigenvalue weighted by Gasteiger charge is 2.06. The molecule has 3 nitrogen and oxygen atoms in total. The summed E-state index contributed by atoms with van der Waals surface area (Å²) in [5.74, 6) is 0.459. The zero-order valence-corrected chi connectivity index (χ0v) is 12.6. The van der Waals surface area contributed by atoms with Crippen LogP contribution >= 0.6 is 31.9 Å². The van der Waals surface area contributed by atoms with Crippen LogP contribution in [0.5, 0.6) is 5.88 Å². The summed E-state index contributed by atoms with van der Waals surface area (Å²) in [5.41, 5.74) is 1.71. The van der Waals surface area contributed by atoms with E-state index in [-0.39, 0.29) is 6.61 Å². The molecule has 1 N–H and O–H groups in total. The van der Waals surface area contributed by atoms with Crippen LogP contribution in [-0.4, -0.2) is 10.1 Å². The Morgan fingerprint density at radius 1 is 1.17 bits per heavy atom. The van der Waals surface area contributed by atoms with Gasteiger partial charge >= 0.3 is 0 Å². The lowest BCUT2D eigenvalue weighted by molar-refractivity contribution is 0.252. The third kappa shape index (κ3) is 3.54. The first-order valence-electron chi connectivity index (χ1n) is 5.31. The number of halogens is 2. The van der Waals surface area contributed by atoms with Crippen molar-refractivity contribution in [1.82, 2.24) is 4.98 Å². The average molecular weight is 373 g/mol. The fourth-order valence-corrected chi connectivity index (χ4v) is 2.32. The molecule has 1 aromatic heterocycles. The van der Waals surface area contributed by atoms with Crippen molar-refractivity contribution >= 4 is 31.9 Å². The molecule has 2 rings (SSSR count). The first kappa shape index (κ1) is 13.5. The molecule has 5 heteroatoms. The lowest BCUT2D eigenvalue weighted by Gasteiger charge is -2.09. The molecule has 1 aromatic carbocycles. The third-order valence-corrected chi connectivity index (χ3v) is 3.25. The van der Waals surface area contributed by atoms with Gasteiger partial charge in [-0.1, -0.05) is 28.1 Å². The fraction of sp³-hybridized carbons (Fsp3) is 0.154. The number of rotatable bonds is 4. The molecule has 0 fully saturated rings. The molecular formula is C13H11Br2NO2. The van der Waals surface area contributed by atoms with Crippen LogP contribution in [0.25, 0.3) is 0 Å². The molecule has 0 radical (unpaired) electrons. The monoisotopic (exact) mass is 371 g/mol. The quantitative estimate of drug-likeness (QED) is 0.890. The lowest BCUT2D eigenvalue weighted by Crippen LogP contribution is -2.01. The molecule has 94 valence electrons. The van der Waals surface area contributed by atoms with Gasteiger partial charge in [-0.25, -0.2) is 4.98 Å². The fourth-order valence-electron chi connectivity index (χ4n) is 1.49. The highest BCUT2D eigenvalue weighted by atomic mass is 79.9. The SMILES string of the molecule is OCc1cc(Br)cnc1OCc1cccc(Br)c1. The Labute approximate surface area is 122 Å². The predicted molar refractivity (Wildman–Crippen MR) is 76.3 cm³/mol. The molecule has 0 amide bonds. The number of aliphatic hydroxyl groups is 1. The van der Waals surface area contributed by atoms with Crippen LogP contribution in [0.1, 0.15) is 11.1 Å². The van der Waals surface area contributed by atoms with Crippen LogP contribution in [-0.2, 0) is 13.2 Å². The molecule has 1 heterocycles. The molecule has 0 saturated heterocycles. The van der Waals surface area contributed by atoms with Crippen LogP contribution < -0.4 is 4.74 Å². The highest BCUT2D eigenvalue weighted by molar-refractivity contribution is 9.10. The van der Waals surface area contributed by atoms with Gasteiger partial charge in [-0.2, -0.15) is 0 Å². The number of hydrogen-bond donors (Lipinski definition) is 1. The summed E-state index contributed by atoms with van der Waals surface area (Å²) >= 11 is 6.72. The third-order valence-electron chi connectivity index (χ3n) is 2.33. The predicted octanol–water partition coefficient (Wildman–Crippen LogP) is 3.68. The lowest BCUT2D eigenvalue weighted by atomic mass is 10.2. The summed E-state index contributed by atoms with van der Waals surface area (Å²) in [6.07, 6.45) is 1.65. The summed E-state index contributed by atoms with van der Waals surface area (Å²) in [6.45, 7) is 0.321. The number of hydrogen-bond acceptors (Lipinski definition) is 3. The molecule has 18 heavy (non-hydrogen) atoms. The van der Waals surface area contributed by atoms with E-state index < -0.39 is 0 Å². The molecule has 0 unspecified atom stereocenters. The van der Waals surface area contributed by atoms with Crippen molar-refractivity contribution < 1.29 is 9.84 Å². The Bertz CT molecular complexity index is 546. The second kappa shape index (κ2) is 6.31. The molecule has 0 aliphatic carbocycles. The zero-order chi connectivity index (χ0) is 13.0. The first-order chi connectivity index (χ1) is 8.69. The summed E-state index contributed by atoms with van der Waals surface area (Å²) in [4.78, 5) is 4.15. The first-order valence-corrected chi connectivity index (χ1v) is 6.90. The van der Waals surface area contributed by atoms with Gasteiger partial charge in [0.1, 0.15) is 6.61 Å². The normalized spacial score (nSPS) is 10.4. The van der Waals surface area contributed by atoms with Crippen molar-refractivity contribution in [1.29, 1.82) is 0 Å². The minimum Gasteiger partial charge on any atom is -0.473 e. The van der Waals surface area contributed by atoms with Crippen LogP contribution in [0.4, 0.5) is 0 Å². The second-order valence-electron chi connectivity index (χ2n) is 3.69. The van der Waals surface area contributed by atoms with E-state index in [0.717, 1.165) is 14.5 Å². The summed E-state index contributed by atoms with van der Waals surface area (Å²) in [7, 11) is 0. The van der Waals surface area contributed by atoms with Gasteiger partial charge < -0.3 is 9.84 Å². The Morgan fingerprint density at radius 2 is 2.00 bits per heavy atom. The Kier molecular flexibility index (Phi) is 4.74. The second-order valence-corrected chi connectivity index (χ2v) is 5.53. The van der Waals surface area contributed by atoms with Crippen molar-refractivity contribution in [3.8, 4) is 5.88 Å². The van der Waals surface area contributed by atoms with Crippen molar-refractivity contribution in [3.63, 3.8) is 0 Å². The molecule has 0 atom stereocenters. The minimum absolute atomic E-state index is 0.0970. The van der Waals surface area contributed by atoms with Gasteiger partial charge in [0, 0.05) is 20.7 Å². The van der Waals surface area contributed by atoms with E-state index in [0.29, 0.717) is 18.1 Å². The Morgan fingerprint density at radius 3 is 2.72 bits per heavy atom. The smallest absolute Gasteiger partial charge is 0.219 e. The van der Waals surface area contributed by atoms with Gasteiger partial charge in [-0.15, -0.1) is 0 Å². The molecule has 0 bridgehead atoms. The minimum atomic E-state index is -0.0970. The molecule has 0 saturated carbocycles. The van der Waals surface area contributed by atoms with Crippen LogP contribution in [0.2, 0.25) is 0 Å². The van der Waals surface area contributed by atoms with Crippen molar-refractivity contribution in [2.24, 2.45) is 0 Å². The zero-order valence-electron chi connectivity index (χ0n) is 9.44. The van der Waals surface area contributed by atoms with E-state index in [1.807, 2.05) is 24.3 Å². The number of nitrogens with zero attached hydrogens (tertiary/aromatic N) is 1. The number of pyridine rings is 1. The van der Waals surface area contributed by atoms with Crippen molar-refractivity contribution in [2.45, 2.75) is 13.2 Å². The standard InChI is InChI=1S/C13H11Br2NO2/c14-11-3-1-2-9(4-11)8-18-13-10(7-17)5-12(15)6-16-13/h1-6,17H,7-8H2. The van der Waals surface area contributed by atoms with E-state index in [1.54, 1.807) is 12.3 Å². The number of aliphatic hydroxyl groups excluding tert-OH is 1. The van der Waals surface area contributed by atoms with Crippen molar-refractivity contribution in [2.75, 3.05) is 0 Å². The maximum atomic E-state index is 9.24. The van der Waals surface area contributed by atoms with E-state index in [9.17, 15) is 5.11 Å². The van der Waals surface area contributed by atoms with Gasteiger partial charge in [-0.3, -0.25) is 0 Å². The van der Waals surface area contributed by atoms with Gasteiger partial charge in [0.25, 0.3) is 0 Å². The van der Waals surface area contributed by atoms with E-state index in [1.165, 1.54) is 0 Å². The van der Waals surface area contributed by atoms with E-state index in [2.05, 4.69) is 36.8 Å². The van der Waals surface area contributed by atoms with Gasteiger partial charge in [0.05, 0.1) is 6.61 Å². The van der Waals surface area contributed by atoms with E-state index >= 15 is 0 Å². The van der Waals surface area contributed by atoms with Gasteiger partial charge in [0.15, 0.2) is 0 Å². The molecule has 2 aromatic rings. The summed E-state index contributed by atoms with van der Waals surface area (Å²) in [6, 6.07) is 9.66. The number of ether oxygens (including phenoxy) is 1. The summed E-state index contributed by atoms with van der Waals surface area (Å²) in [5, 5.41) is 9.24. The van der Waals surface area contributed by atoms with Crippen LogP contribution in [0.3, 0.4) is 0 Å². The topological polar surface area (TPSA) is 42.4 Å². The Balaban J connectivity index is 2.10. The van der Waals surface area contributed by atoms with Crippen LogP contribution in [0, 0.1) is 0 Å². The maximum absolute atomic E-state index is 9.24. The largest absolute Gasteiger partial charge is 0.473 e.